The van der Waals surface area contributed by atoms with E-state index < -0.39 is 35.8 Å². The van der Waals surface area contributed by atoms with Gasteiger partial charge in [0.1, 0.15) is 24.3 Å². The molecular weight excluding hydrogens is 586 g/mol. The number of alkyl carbamates (subject to hydrolysis) is 1. The Bertz CT molecular complexity index is 1250. The highest BCUT2D eigenvalue weighted by Crippen LogP contribution is 2.19. The number of likely N-dealkylation sites (tertiary alicyclic amines) is 1. The number of benzene rings is 2. The molecule has 4 amide bonds. The molecule has 0 saturated carbocycles. The van der Waals surface area contributed by atoms with Gasteiger partial charge in [-0.15, -0.1) is 0 Å². The summed E-state index contributed by atoms with van der Waals surface area (Å²) < 4.78 is 10.7. The van der Waals surface area contributed by atoms with Crippen LogP contribution < -0.4 is 16.0 Å². The maximum Gasteiger partial charge on any atom is 0.410 e. The number of carbonyl (C=O) groups is 4. The highest BCUT2D eigenvalue weighted by atomic mass is 16.6. The first-order valence-corrected chi connectivity index (χ1v) is 16.2. The lowest BCUT2D eigenvalue weighted by atomic mass is 10.1. The second-order valence-electron chi connectivity index (χ2n) is 12.7. The van der Waals surface area contributed by atoms with E-state index in [1.165, 1.54) is 17.5 Å². The maximum absolute atomic E-state index is 13.9. The number of rotatable bonds is 15. The smallest absolute Gasteiger partial charge is 0.410 e. The second kappa shape index (κ2) is 18.1. The van der Waals surface area contributed by atoms with E-state index in [0.717, 1.165) is 31.4 Å². The van der Waals surface area contributed by atoms with E-state index in [1.54, 1.807) is 27.7 Å². The van der Waals surface area contributed by atoms with Gasteiger partial charge in [-0.25, -0.2) is 9.59 Å². The molecule has 3 rings (SSSR count). The Hall–Kier alpha value is -4.12. The highest BCUT2D eigenvalue weighted by molar-refractivity contribution is 5.91. The molecule has 0 radical (unpaired) electrons. The van der Waals surface area contributed by atoms with Crippen molar-refractivity contribution in [2.75, 3.05) is 33.2 Å². The molecule has 11 nitrogen and oxygen atoms in total. The fourth-order valence-electron chi connectivity index (χ4n) is 5.17. The van der Waals surface area contributed by atoms with Crippen LogP contribution in [-0.4, -0.2) is 90.8 Å². The number of ether oxygens (including phenoxy) is 2. The van der Waals surface area contributed by atoms with Crippen LogP contribution in [0, 0.1) is 0 Å². The number of likely N-dealkylation sites (N-methyl/N-ethyl adjacent to an activating group) is 1. The van der Waals surface area contributed by atoms with Gasteiger partial charge in [0, 0.05) is 32.7 Å². The van der Waals surface area contributed by atoms with Crippen LogP contribution in [0.1, 0.15) is 64.5 Å². The normalized spacial score (nSPS) is 15.8. The number of hydrogen-bond acceptors (Lipinski definition) is 7. The SMILES string of the molecule is C[C@H](C(=O)N[C@@H](CCCNC(=O)OCc1ccccc1)C(=O)N1CCC[C@H]1CNCCc1ccccc1)N(C)C(=O)OC(C)(C)C. The summed E-state index contributed by atoms with van der Waals surface area (Å²) in [6, 6.07) is 17.9. The third kappa shape index (κ3) is 12.3. The van der Waals surface area contributed by atoms with Gasteiger partial charge in [0.25, 0.3) is 0 Å². The van der Waals surface area contributed by atoms with Crippen LogP contribution in [0.15, 0.2) is 60.7 Å². The van der Waals surface area contributed by atoms with Gasteiger partial charge in [-0.1, -0.05) is 60.7 Å². The van der Waals surface area contributed by atoms with Crippen LogP contribution >= 0.6 is 0 Å². The van der Waals surface area contributed by atoms with Gasteiger partial charge < -0.3 is 30.3 Å². The predicted octanol–water partition coefficient (Wildman–Crippen LogP) is 4.26. The van der Waals surface area contributed by atoms with E-state index in [0.29, 0.717) is 25.9 Å². The van der Waals surface area contributed by atoms with E-state index in [2.05, 4.69) is 28.1 Å². The largest absolute Gasteiger partial charge is 0.445 e. The van der Waals surface area contributed by atoms with Gasteiger partial charge >= 0.3 is 12.2 Å². The van der Waals surface area contributed by atoms with Crippen LogP contribution in [0.4, 0.5) is 9.59 Å². The van der Waals surface area contributed by atoms with Gasteiger partial charge in [0.15, 0.2) is 0 Å². The molecule has 1 fully saturated rings. The minimum Gasteiger partial charge on any atom is -0.445 e. The summed E-state index contributed by atoms with van der Waals surface area (Å²) in [5.74, 6) is -0.627. The van der Waals surface area contributed by atoms with Crippen molar-refractivity contribution < 1.29 is 28.7 Å². The zero-order valence-corrected chi connectivity index (χ0v) is 27.9. The van der Waals surface area contributed by atoms with Gasteiger partial charge in [0.05, 0.1) is 0 Å². The minimum absolute atomic E-state index is 0.00984. The Morgan fingerprint density at radius 1 is 0.978 bits per heavy atom. The third-order valence-corrected chi connectivity index (χ3v) is 7.88. The molecule has 3 N–H and O–H groups in total. The van der Waals surface area contributed by atoms with Crippen LogP contribution in [0.3, 0.4) is 0 Å². The highest BCUT2D eigenvalue weighted by Gasteiger charge is 2.35. The third-order valence-electron chi connectivity index (χ3n) is 7.88. The van der Waals surface area contributed by atoms with E-state index >= 15 is 0 Å². The molecule has 0 aromatic heterocycles. The summed E-state index contributed by atoms with van der Waals surface area (Å²) in [6.45, 7) is 9.35. The first-order valence-electron chi connectivity index (χ1n) is 16.2. The molecule has 2 aromatic rings. The summed E-state index contributed by atoms with van der Waals surface area (Å²) in [7, 11) is 1.50. The molecule has 252 valence electrons. The summed E-state index contributed by atoms with van der Waals surface area (Å²) >= 11 is 0. The Morgan fingerprint density at radius 3 is 2.28 bits per heavy atom. The molecule has 1 saturated heterocycles. The van der Waals surface area contributed by atoms with Crippen LogP contribution in [0.2, 0.25) is 0 Å². The maximum atomic E-state index is 13.9. The molecule has 46 heavy (non-hydrogen) atoms. The molecule has 1 aliphatic heterocycles. The van der Waals surface area contributed by atoms with Crippen molar-refractivity contribution in [1.29, 1.82) is 0 Å². The summed E-state index contributed by atoms with van der Waals surface area (Å²) in [4.78, 5) is 55.2. The van der Waals surface area contributed by atoms with Crippen molar-refractivity contribution in [1.82, 2.24) is 25.8 Å². The topological polar surface area (TPSA) is 129 Å². The zero-order valence-electron chi connectivity index (χ0n) is 27.9. The fraction of sp³-hybridized carbons (Fsp3) is 0.543. The van der Waals surface area contributed by atoms with Crippen LogP contribution in [-0.2, 0) is 32.1 Å². The Labute approximate surface area is 273 Å². The van der Waals surface area contributed by atoms with Crippen molar-refractivity contribution in [2.45, 2.75) is 90.1 Å². The number of carbonyl (C=O) groups excluding carboxylic acids is 4. The van der Waals surface area contributed by atoms with Gasteiger partial charge in [0.2, 0.25) is 11.8 Å². The van der Waals surface area contributed by atoms with Gasteiger partial charge in [-0.2, -0.15) is 0 Å². The van der Waals surface area contributed by atoms with Crippen molar-refractivity contribution in [3.05, 3.63) is 71.8 Å². The molecule has 0 aliphatic carbocycles. The molecule has 3 atom stereocenters. The molecule has 0 bridgehead atoms. The number of nitrogens with one attached hydrogen (secondary N) is 3. The fourth-order valence-corrected chi connectivity index (χ4v) is 5.17. The quantitative estimate of drug-likeness (QED) is 0.249. The van der Waals surface area contributed by atoms with E-state index in [9.17, 15) is 19.2 Å². The number of amides is 4. The standard InChI is InChI=1S/C35H51N5O6/c1-26(39(5)34(44)46-35(2,3)4)31(41)38-30(19-12-21-37-33(43)45-25-28-16-10-7-11-17-28)32(42)40-23-13-18-29(40)24-36-22-20-27-14-8-6-9-15-27/h6-11,14-17,26,29-30,36H,12-13,18-25H2,1-5H3,(H,37,43)(H,38,41)/t26-,29+,30+/m1/s1. The average Bonchev–Trinajstić information content (AvgIpc) is 3.51. The Balaban J connectivity index is 1.58. The lowest BCUT2D eigenvalue weighted by Crippen LogP contribution is -2.55. The minimum atomic E-state index is -0.870. The zero-order chi connectivity index (χ0) is 33.5. The van der Waals surface area contributed by atoms with Crippen molar-refractivity contribution in [2.24, 2.45) is 0 Å². The predicted molar refractivity (Wildman–Crippen MR) is 177 cm³/mol. The van der Waals surface area contributed by atoms with E-state index in [4.69, 9.17) is 9.47 Å². The summed E-state index contributed by atoms with van der Waals surface area (Å²) in [6.07, 6.45) is 2.20. The monoisotopic (exact) mass is 637 g/mol. The molecule has 11 heteroatoms. The van der Waals surface area contributed by atoms with Crippen molar-refractivity contribution in [3.8, 4) is 0 Å². The van der Waals surface area contributed by atoms with E-state index in [1.807, 2.05) is 53.4 Å². The lowest BCUT2D eigenvalue weighted by Gasteiger charge is -2.32. The first-order chi connectivity index (χ1) is 21.9. The number of nitrogens with zero attached hydrogens (tertiary/aromatic N) is 2. The molecule has 0 spiro atoms. The average molecular weight is 638 g/mol. The van der Waals surface area contributed by atoms with Crippen LogP contribution in [0.5, 0.6) is 0 Å². The van der Waals surface area contributed by atoms with E-state index in [-0.39, 0.29) is 25.1 Å². The number of hydrogen-bond donors (Lipinski definition) is 3. The summed E-state index contributed by atoms with van der Waals surface area (Å²) in [5, 5.41) is 9.11. The lowest BCUT2D eigenvalue weighted by molar-refractivity contribution is -0.138. The molecular formula is C35H51N5O6. The van der Waals surface area contributed by atoms with Crippen molar-refractivity contribution in [3.63, 3.8) is 0 Å². The first kappa shape index (κ1) is 36.3. The molecule has 0 unspecified atom stereocenters. The Morgan fingerprint density at radius 2 is 1.63 bits per heavy atom. The van der Waals surface area contributed by atoms with Gasteiger partial charge in [-0.3, -0.25) is 14.5 Å². The molecule has 2 aromatic carbocycles. The van der Waals surface area contributed by atoms with Crippen molar-refractivity contribution >= 4 is 24.0 Å². The van der Waals surface area contributed by atoms with Gasteiger partial charge in [-0.05, 0) is 77.5 Å². The molecule has 1 aliphatic rings. The summed E-state index contributed by atoms with van der Waals surface area (Å²) in [5.41, 5.74) is 1.42. The Kier molecular flexibility index (Phi) is 14.3. The molecule has 1 heterocycles. The van der Waals surface area contributed by atoms with Crippen LogP contribution in [0.25, 0.3) is 0 Å². The second-order valence-corrected chi connectivity index (χ2v) is 12.7.